The van der Waals surface area contributed by atoms with Crippen LogP contribution in [-0.2, 0) is 5.41 Å². The monoisotopic (exact) mass is 654 g/mol. The standard InChI is InChI=1S/C47H30N2O2/c1-47(2)40-20-9-7-16-32(40)36-25-37-33-17-8-10-21-42(33)48(43(37)26-41(36)47)29-13-11-12-27(22-29)28-23-38-30-14-3-5-18-34(30)45(50)49-44(38)39(24-28)31-15-4-6-19-35(31)46(49)51/h3-26H,1-2H3. The van der Waals surface area contributed by atoms with Gasteiger partial charge in [-0.1, -0.05) is 105 Å². The zero-order valence-corrected chi connectivity index (χ0v) is 28.1. The van der Waals surface area contributed by atoms with E-state index in [4.69, 9.17) is 0 Å². The van der Waals surface area contributed by atoms with Crippen LogP contribution in [0.3, 0.4) is 0 Å². The highest BCUT2D eigenvalue weighted by Gasteiger charge is 2.36. The molecular weight excluding hydrogens is 625 g/mol. The van der Waals surface area contributed by atoms with E-state index < -0.39 is 0 Å². The Kier molecular flexibility index (Phi) is 5.44. The van der Waals surface area contributed by atoms with Crippen LogP contribution in [0.2, 0.25) is 0 Å². The highest BCUT2D eigenvalue weighted by Crippen LogP contribution is 2.51. The van der Waals surface area contributed by atoms with Crippen LogP contribution in [0.15, 0.2) is 155 Å². The van der Waals surface area contributed by atoms with Gasteiger partial charge >= 0.3 is 0 Å². The predicted molar refractivity (Wildman–Crippen MR) is 211 cm³/mol. The molecule has 0 spiro atoms. The lowest BCUT2D eigenvalue weighted by Crippen LogP contribution is -2.27. The van der Waals surface area contributed by atoms with E-state index in [-0.39, 0.29) is 16.5 Å². The Morgan fingerprint density at radius 3 is 1.75 bits per heavy atom. The minimum Gasteiger partial charge on any atom is -0.309 e. The smallest absolute Gasteiger partial charge is 0.266 e. The molecule has 10 aromatic rings. The molecule has 1 aliphatic rings. The molecular formula is C47H30N2O2. The van der Waals surface area contributed by atoms with Gasteiger partial charge < -0.3 is 4.57 Å². The number of hydrogen-bond acceptors (Lipinski definition) is 2. The van der Waals surface area contributed by atoms with Gasteiger partial charge in [-0.05, 0) is 98.8 Å². The summed E-state index contributed by atoms with van der Waals surface area (Å²) in [6, 6.07) is 50.6. The number of fused-ring (bicyclic) bond motifs is 10. The first-order chi connectivity index (χ1) is 24.9. The number of aromatic nitrogens is 2. The molecule has 0 amide bonds. The van der Waals surface area contributed by atoms with E-state index in [2.05, 4.69) is 115 Å². The number of rotatable bonds is 2. The summed E-state index contributed by atoms with van der Waals surface area (Å²) in [6.07, 6.45) is 0. The van der Waals surface area contributed by atoms with Crippen molar-refractivity contribution in [2.45, 2.75) is 19.3 Å². The number of benzene rings is 7. The highest BCUT2D eigenvalue weighted by molar-refractivity contribution is 6.19. The molecule has 0 fully saturated rings. The quantitative estimate of drug-likeness (QED) is 0.138. The Hall–Kier alpha value is -6.52. The number of para-hydroxylation sites is 1. The van der Waals surface area contributed by atoms with Gasteiger partial charge in [0.15, 0.2) is 0 Å². The van der Waals surface area contributed by atoms with Crippen LogP contribution in [0.1, 0.15) is 25.0 Å². The molecule has 1 aliphatic carbocycles. The Morgan fingerprint density at radius 1 is 0.431 bits per heavy atom. The zero-order chi connectivity index (χ0) is 34.2. The summed E-state index contributed by atoms with van der Waals surface area (Å²) in [6.45, 7) is 4.66. The first kappa shape index (κ1) is 28.3. The summed E-state index contributed by atoms with van der Waals surface area (Å²) >= 11 is 0. The van der Waals surface area contributed by atoms with E-state index in [1.165, 1.54) is 42.9 Å². The second-order valence-corrected chi connectivity index (χ2v) is 14.4. The summed E-state index contributed by atoms with van der Waals surface area (Å²) in [5.41, 5.74) is 10.8. The Morgan fingerprint density at radius 2 is 1.04 bits per heavy atom. The lowest BCUT2D eigenvalue weighted by Gasteiger charge is -2.21. The second kappa shape index (κ2) is 9.80. The molecule has 3 aromatic heterocycles. The molecule has 240 valence electrons. The maximum atomic E-state index is 13.8. The fourth-order valence-electron chi connectivity index (χ4n) is 9.06. The molecule has 51 heavy (non-hydrogen) atoms. The van der Waals surface area contributed by atoms with Crippen molar-refractivity contribution in [1.29, 1.82) is 0 Å². The summed E-state index contributed by atoms with van der Waals surface area (Å²) in [4.78, 5) is 27.7. The average Bonchev–Trinajstić information content (AvgIpc) is 3.61. The van der Waals surface area contributed by atoms with E-state index >= 15 is 0 Å². The molecule has 11 rings (SSSR count). The Balaban J connectivity index is 1.20. The topological polar surface area (TPSA) is 43.5 Å². The van der Waals surface area contributed by atoms with Crippen molar-refractivity contribution in [3.63, 3.8) is 0 Å². The van der Waals surface area contributed by atoms with Crippen LogP contribution in [0, 0.1) is 0 Å². The van der Waals surface area contributed by atoms with Crippen molar-refractivity contribution >= 4 is 59.6 Å². The fourth-order valence-corrected chi connectivity index (χ4v) is 9.06. The van der Waals surface area contributed by atoms with Crippen molar-refractivity contribution < 1.29 is 0 Å². The van der Waals surface area contributed by atoms with Crippen LogP contribution in [0.5, 0.6) is 0 Å². The van der Waals surface area contributed by atoms with Crippen LogP contribution >= 0.6 is 0 Å². The van der Waals surface area contributed by atoms with Gasteiger partial charge in [0.2, 0.25) is 0 Å². The molecule has 7 aromatic carbocycles. The molecule has 4 heteroatoms. The maximum Gasteiger partial charge on any atom is 0.266 e. The Bertz CT molecular complexity index is 3170. The Labute approximate surface area is 292 Å². The first-order valence-corrected chi connectivity index (χ1v) is 17.4. The van der Waals surface area contributed by atoms with Crippen molar-refractivity contribution in [3.8, 4) is 27.9 Å². The molecule has 0 unspecified atom stereocenters. The predicted octanol–water partition coefficient (Wildman–Crippen LogP) is 10.6. The number of pyridine rings is 2. The van der Waals surface area contributed by atoms with Gasteiger partial charge in [-0.2, -0.15) is 0 Å². The third kappa shape index (κ3) is 3.63. The summed E-state index contributed by atoms with van der Waals surface area (Å²) < 4.78 is 3.78. The maximum absolute atomic E-state index is 13.8. The zero-order valence-electron chi connectivity index (χ0n) is 28.1. The van der Waals surface area contributed by atoms with Crippen LogP contribution in [0.4, 0.5) is 0 Å². The normalized spacial score (nSPS) is 13.6. The lowest BCUT2D eigenvalue weighted by atomic mass is 9.82. The van der Waals surface area contributed by atoms with E-state index in [1.54, 1.807) is 0 Å². The van der Waals surface area contributed by atoms with E-state index in [0.717, 1.165) is 43.9 Å². The van der Waals surface area contributed by atoms with Crippen molar-refractivity contribution in [2.24, 2.45) is 0 Å². The minimum atomic E-state index is -0.280. The number of nitrogens with zero attached hydrogens (tertiary/aromatic N) is 2. The molecule has 0 bridgehead atoms. The van der Waals surface area contributed by atoms with Crippen molar-refractivity contribution in [1.82, 2.24) is 8.97 Å². The molecule has 0 saturated carbocycles. The lowest BCUT2D eigenvalue weighted by molar-refractivity contribution is 0.661. The van der Waals surface area contributed by atoms with E-state index in [1.807, 2.05) is 48.5 Å². The molecule has 0 N–H and O–H groups in total. The average molecular weight is 655 g/mol. The molecule has 0 aliphatic heterocycles. The van der Waals surface area contributed by atoms with Gasteiger partial charge in [0.25, 0.3) is 11.1 Å². The third-order valence-corrected chi connectivity index (χ3v) is 11.4. The van der Waals surface area contributed by atoms with E-state index in [0.29, 0.717) is 16.3 Å². The first-order valence-electron chi connectivity index (χ1n) is 17.4. The minimum absolute atomic E-state index is 0.114. The van der Waals surface area contributed by atoms with Crippen LogP contribution in [0.25, 0.3) is 87.6 Å². The van der Waals surface area contributed by atoms with Crippen LogP contribution in [-0.4, -0.2) is 8.97 Å². The fraction of sp³-hybridized carbons (Fsp3) is 0.0638. The largest absolute Gasteiger partial charge is 0.309 e. The van der Waals surface area contributed by atoms with Gasteiger partial charge in [-0.25, -0.2) is 4.40 Å². The van der Waals surface area contributed by atoms with Gasteiger partial charge in [0, 0.05) is 43.4 Å². The summed E-state index contributed by atoms with van der Waals surface area (Å²) in [5, 5.41) is 7.02. The molecule has 0 atom stereocenters. The molecule has 0 radical (unpaired) electrons. The van der Waals surface area contributed by atoms with E-state index in [9.17, 15) is 9.59 Å². The second-order valence-electron chi connectivity index (χ2n) is 14.4. The highest BCUT2D eigenvalue weighted by atomic mass is 16.2. The van der Waals surface area contributed by atoms with Gasteiger partial charge in [-0.15, -0.1) is 0 Å². The molecule has 3 heterocycles. The third-order valence-electron chi connectivity index (χ3n) is 11.4. The molecule has 0 saturated heterocycles. The van der Waals surface area contributed by atoms with Gasteiger partial charge in [0.1, 0.15) is 0 Å². The van der Waals surface area contributed by atoms with Crippen molar-refractivity contribution in [2.75, 3.05) is 0 Å². The van der Waals surface area contributed by atoms with Crippen molar-refractivity contribution in [3.05, 3.63) is 177 Å². The summed E-state index contributed by atoms with van der Waals surface area (Å²) in [5.74, 6) is 0. The SMILES string of the molecule is CC1(C)c2ccccc2-c2cc3c4ccccc4n(-c4cccc(-c5cc6c7ccccc7c(=O)n7c(=O)c8ccccc8c(c5)c67)c4)c3cc21. The molecule has 4 nitrogen and oxygen atoms in total. The van der Waals surface area contributed by atoms with Gasteiger partial charge in [-0.3, -0.25) is 9.59 Å². The van der Waals surface area contributed by atoms with Gasteiger partial charge in [0.05, 0.1) is 16.6 Å². The summed E-state index contributed by atoms with van der Waals surface area (Å²) in [7, 11) is 0. The number of hydrogen-bond donors (Lipinski definition) is 0. The van der Waals surface area contributed by atoms with Crippen LogP contribution < -0.4 is 11.1 Å².